The number of alkyl halides is 9. The van der Waals surface area contributed by atoms with Crippen LogP contribution in [0, 0.1) is 11.8 Å². The van der Waals surface area contributed by atoms with Crippen molar-refractivity contribution in [3.8, 4) is 0 Å². The molecule has 1 atom stereocenters. The highest BCUT2D eigenvalue weighted by molar-refractivity contribution is 6.39. The second-order valence-corrected chi connectivity index (χ2v) is 14.3. The molecule has 2 aliphatic rings. The number of rotatable bonds is 8. The van der Waals surface area contributed by atoms with Crippen LogP contribution >= 0.6 is 23.2 Å². The van der Waals surface area contributed by atoms with Crippen LogP contribution in [0.5, 0.6) is 0 Å². The van der Waals surface area contributed by atoms with E-state index in [0.717, 1.165) is 0 Å². The molecule has 1 aliphatic heterocycles. The molecular formula is C33H35Cl2F9N6O3. The van der Waals surface area contributed by atoms with Crippen LogP contribution in [-0.2, 0) is 18.4 Å². The highest BCUT2D eigenvalue weighted by Gasteiger charge is 2.55. The molecule has 2 aromatic carbocycles. The number of benzene rings is 2. The Kier molecular flexibility index (Phi) is 11.4. The van der Waals surface area contributed by atoms with Gasteiger partial charge in [0, 0.05) is 32.7 Å². The van der Waals surface area contributed by atoms with Crippen LogP contribution in [0.4, 0.5) is 56.8 Å². The third kappa shape index (κ3) is 8.69. The summed E-state index contributed by atoms with van der Waals surface area (Å²) >= 11 is 12.9. The molecule has 20 heteroatoms. The van der Waals surface area contributed by atoms with E-state index in [0.29, 0.717) is 18.1 Å². The van der Waals surface area contributed by atoms with Crippen LogP contribution in [0.1, 0.15) is 61.4 Å². The van der Waals surface area contributed by atoms with Crippen molar-refractivity contribution in [2.24, 2.45) is 18.9 Å². The second-order valence-electron chi connectivity index (χ2n) is 13.5. The highest BCUT2D eigenvalue weighted by atomic mass is 35.5. The van der Waals surface area contributed by atoms with Crippen molar-refractivity contribution >= 4 is 63.4 Å². The molecule has 1 saturated heterocycles. The van der Waals surface area contributed by atoms with Gasteiger partial charge in [-0.2, -0.15) is 39.5 Å². The van der Waals surface area contributed by atoms with E-state index in [1.54, 1.807) is 22.6 Å². The van der Waals surface area contributed by atoms with Gasteiger partial charge in [-0.15, -0.1) is 0 Å². The third-order valence-electron chi connectivity index (χ3n) is 9.91. The van der Waals surface area contributed by atoms with E-state index >= 15 is 0 Å². The zero-order valence-corrected chi connectivity index (χ0v) is 29.7. The van der Waals surface area contributed by atoms with Gasteiger partial charge >= 0.3 is 18.5 Å². The van der Waals surface area contributed by atoms with Gasteiger partial charge in [0.1, 0.15) is 0 Å². The first-order valence-corrected chi connectivity index (χ1v) is 17.3. The predicted molar refractivity (Wildman–Crippen MR) is 179 cm³/mol. The number of piperidine rings is 1. The number of halogens is 11. The van der Waals surface area contributed by atoms with Gasteiger partial charge in [-0.3, -0.25) is 9.59 Å². The Labute approximate surface area is 307 Å². The van der Waals surface area contributed by atoms with Crippen molar-refractivity contribution in [3.63, 3.8) is 0 Å². The van der Waals surface area contributed by atoms with Gasteiger partial charge < -0.3 is 30.5 Å². The minimum atomic E-state index is -5.25. The highest BCUT2D eigenvalue weighted by Crippen LogP contribution is 2.41. The summed E-state index contributed by atoms with van der Waals surface area (Å²) in [5, 5.41) is 17.3. The topological polar surface area (TPSA) is 112 Å². The van der Waals surface area contributed by atoms with Crippen LogP contribution in [-0.4, -0.2) is 69.7 Å². The van der Waals surface area contributed by atoms with Crippen LogP contribution in [0.15, 0.2) is 24.3 Å². The first kappa shape index (κ1) is 40.5. The van der Waals surface area contributed by atoms with Gasteiger partial charge in [-0.1, -0.05) is 29.3 Å². The maximum Gasteiger partial charge on any atom is 0.426 e. The van der Waals surface area contributed by atoms with Gasteiger partial charge in [-0.05, 0) is 69.2 Å². The molecule has 1 saturated carbocycles. The number of hydrogen-bond acceptors (Lipinski definition) is 6. The number of aliphatic hydroxyl groups is 1. The van der Waals surface area contributed by atoms with Crippen molar-refractivity contribution in [1.82, 2.24) is 20.2 Å². The van der Waals surface area contributed by atoms with E-state index in [-0.39, 0.29) is 89.9 Å². The summed E-state index contributed by atoms with van der Waals surface area (Å²) in [7, 11) is 1.58. The fourth-order valence-electron chi connectivity index (χ4n) is 6.49. The van der Waals surface area contributed by atoms with E-state index < -0.39 is 60.4 Å². The predicted octanol–water partition coefficient (Wildman–Crippen LogP) is 8.18. The molecule has 9 nitrogen and oxygen atoms in total. The zero-order valence-electron chi connectivity index (χ0n) is 28.2. The number of aryl methyl sites for hydroxylation is 1. The third-order valence-corrected chi connectivity index (χ3v) is 10.7. The Morgan fingerprint density at radius 3 is 2.06 bits per heavy atom. The van der Waals surface area contributed by atoms with Crippen molar-refractivity contribution in [1.29, 1.82) is 0 Å². The Balaban J connectivity index is 1.44. The minimum Gasteiger partial charge on any atom is -0.373 e. The van der Waals surface area contributed by atoms with Gasteiger partial charge in [0.15, 0.2) is 0 Å². The molecule has 53 heavy (non-hydrogen) atoms. The van der Waals surface area contributed by atoms with Crippen LogP contribution in [0.25, 0.3) is 11.0 Å². The maximum absolute atomic E-state index is 13.7. The van der Waals surface area contributed by atoms with Crippen LogP contribution in [0.2, 0.25) is 10.0 Å². The van der Waals surface area contributed by atoms with Gasteiger partial charge in [0.2, 0.25) is 11.5 Å². The lowest BCUT2D eigenvalue weighted by Crippen LogP contribution is -2.54. The molecule has 4 N–H and O–H groups in total. The van der Waals surface area contributed by atoms with Gasteiger partial charge in [0.25, 0.3) is 11.8 Å². The molecule has 1 aromatic heterocycles. The average molecular weight is 806 g/mol. The Bertz CT molecular complexity index is 1850. The molecule has 2 amide bonds. The van der Waals surface area contributed by atoms with E-state index in [9.17, 15) is 54.2 Å². The normalized spacial score (nSPS) is 20.3. The van der Waals surface area contributed by atoms with E-state index in [1.807, 2.05) is 5.32 Å². The molecule has 2 heterocycles. The molecule has 0 radical (unpaired) electrons. The Hall–Kier alpha value is -3.64. The van der Waals surface area contributed by atoms with Gasteiger partial charge in [-0.25, -0.2) is 4.98 Å². The lowest BCUT2D eigenvalue weighted by molar-refractivity contribution is -0.245. The smallest absolute Gasteiger partial charge is 0.373 e. The maximum atomic E-state index is 13.7. The molecule has 0 unspecified atom stereocenters. The number of carbonyl (C=O) groups excluding carboxylic acids is 2. The summed E-state index contributed by atoms with van der Waals surface area (Å²) in [5.74, 6) is -5.22. The summed E-state index contributed by atoms with van der Waals surface area (Å²) in [6.45, 7) is -0.272. The number of nitrogens with zero attached hydrogens (tertiary/aromatic N) is 3. The van der Waals surface area contributed by atoms with E-state index in [2.05, 4.69) is 15.6 Å². The van der Waals surface area contributed by atoms with E-state index in [4.69, 9.17) is 23.2 Å². The van der Waals surface area contributed by atoms with Crippen molar-refractivity contribution in [3.05, 3.63) is 45.4 Å². The fourth-order valence-corrected chi connectivity index (χ4v) is 7.03. The van der Waals surface area contributed by atoms with E-state index in [1.165, 1.54) is 18.2 Å². The number of hydrogen-bond donors (Lipinski definition) is 4. The number of aromatic nitrogens is 2. The Morgan fingerprint density at radius 2 is 1.49 bits per heavy atom. The number of imidazole rings is 1. The summed E-state index contributed by atoms with van der Waals surface area (Å²) < 4.78 is 121. The number of nitrogens with one attached hydrogen (secondary N) is 3. The number of fused-ring (bicyclic) bond motifs is 1. The fraction of sp³-hybridized carbons (Fsp3) is 0.545. The monoisotopic (exact) mass is 804 g/mol. The van der Waals surface area contributed by atoms with Gasteiger partial charge in [0.05, 0.1) is 49.9 Å². The van der Waals surface area contributed by atoms with Crippen LogP contribution in [0.3, 0.4) is 0 Å². The lowest BCUT2D eigenvalue weighted by Gasteiger charge is -2.35. The largest absolute Gasteiger partial charge is 0.426 e. The molecule has 0 bridgehead atoms. The van der Waals surface area contributed by atoms with Crippen molar-refractivity contribution < 1.29 is 54.2 Å². The molecule has 1 aliphatic carbocycles. The average Bonchev–Trinajstić information content (AvgIpc) is 3.38. The number of amides is 2. The SMILES string of the molecule is Cn1c(Nc2c(Cl)ccc(CNC(=O)[C@](C)(O)C(F)(F)F)c2Cl)nc2cc(C(=O)NC3CCC(C(F)(F)F)CC3)c(N3CCC(C(F)(F)F)CC3)cc21. The molecule has 3 aromatic rings. The standard InChI is InChI=1S/C33H35Cl2F9N6O3/c1-30(53,33(42,43)44)28(52)45-15-16-3-8-21(34)26(25(16)35)48-29-47-22-13-20(27(51)46-19-6-4-17(5-7-19)31(36,37)38)23(14-24(22)49(29)2)50-11-9-18(10-12-50)32(39,40)41/h3,8,13-14,17-19,53H,4-7,9-12,15H2,1-2H3,(H,45,52)(H,46,51)(H,47,48)/t17?,19?,30-/m0/s1. The number of anilines is 3. The summed E-state index contributed by atoms with van der Waals surface area (Å²) in [6, 6.07) is 5.17. The molecular weight excluding hydrogens is 770 g/mol. The summed E-state index contributed by atoms with van der Waals surface area (Å²) in [6.07, 6.45) is -14.5. The van der Waals surface area contributed by atoms with Crippen molar-refractivity contribution in [2.75, 3.05) is 23.3 Å². The zero-order chi connectivity index (χ0) is 39.3. The van der Waals surface area contributed by atoms with Crippen molar-refractivity contribution in [2.45, 2.75) is 82.2 Å². The first-order valence-electron chi connectivity index (χ1n) is 16.5. The molecule has 0 spiro atoms. The quantitative estimate of drug-likeness (QED) is 0.171. The Morgan fingerprint density at radius 1 is 0.906 bits per heavy atom. The van der Waals surface area contributed by atoms with Crippen LogP contribution < -0.4 is 20.9 Å². The second kappa shape index (κ2) is 14.9. The minimum absolute atomic E-state index is 0.0252. The first-order chi connectivity index (χ1) is 24.5. The summed E-state index contributed by atoms with van der Waals surface area (Å²) in [5.41, 5.74) is -2.46. The lowest BCUT2D eigenvalue weighted by atomic mass is 9.85. The summed E-state index contributed by atoms with van der Waals surface area (Å²) in [4.78, 5) is 32.0. The molecule has 292 valence electrons. The molecule has 5 rings (SSSR count). The molecule has 2 fully saturated rings. The number of carbonyl (C=O) groups is 2.